The van der Waals surface area contributed by atoms with Crippen molar-refractivity contribution < 1.29 is 17.9 Å². The van der Waals surface area contributed by atoms with Gasteiger partial charge in [-0.25, -0.2) is 8.42 Å². The lowest BCUT2D eigenvalue weighted by Gasteiger charge is -2.27. The summed E-state index contributed by atoms with van der Waals surface area (Å²) in [6.07, 6.45) is 0. The molecule has 1 saturated heterocycles. The van der Waals surface area contributed by atoms with Crippen LogP contribution >= 0.6 is 11.6 Å². The van der Waals surface area contributed by atoms with E-state index in [-0.39, 0.29) is 34.5 Å². The van der Waals surface area contributed by atoms with Crippen molar-refractivity contribution in [1.82, 2.24) is 4.31 Å². The van der Waals surface area contributed by atoms with Gasteiger partial charge in [-0.05, 0) is 48.4 Å². The Kier molecular flexibility index (Phi) is 7.14. The molecule has 0 radical (unpaired) electrons. The van der Waals surface area contributed by atoms with Gasteiger partial charge in [0.05, 0.1) is 35.2 Å². The van der Waals surface area contributed by atoms with E-state index >= 15 is 0 Å². The summed E-state index contributed by atoms with van der Waals surface area (Å²) in [6.45, 7) is 3.51. The van der Waals surface area contributed by atoms with Crippen LogP contribution in [0.1, 0.15) is 21.5 Å². The summed E-state index contributed by atoms with van der Waals surface area (Å²) >= 11 is 6.42. The van der Waals surface area contributed by atoms with Gasteiger partial charge in [-0.2, -0.15) is 4.31 Å². The maximum absolute atomic E-state index is 13.8. The van der Waals surface area contributed by atoms with E-state index in [2.05, 4.69) is 0 Å². The topological polar surface area (TPSA) is 66.9 Å². The summed E-state index contributed by atoms with van der Waals surface area (Å²) in [7, 11) is -3.77. The second kappa shape index (κ2) is 10.1. The Morgan fingerprint density at radius 3 is 2.42 bits per heavy atom. The molecule has 0 bridgehead atoms. The summed E-state index contributed by atoms with van der Waals surface area (Å²) in [5, 5.41) is 0.201. The molecule has 1 heterocycles. The van der Waals surface area contributed by atoms with E-state index in [0.717, 1.165) is 11.1 Å². The Hall–Kier alpha value is -2.71. The first-order valence-corrected chi connectivity index (χ1v) is 12.5. The third-order valence-corrected chi connectivity index (χ3v) is 7.74. The number of aryl methyl sites for hydroxylation is 1. The van der Waals surface area contributed by atoms with Crippen LogP contribution in [0.5, 0.6) is 0 Å². The van der Waals surface area contributed by atoms with Crippen molar-refractivity contribution in [2.75, 3.05) is 31.2 Å². The molecule has 0 N–H and O–H groups in total. The molecule has 6 nitrogen and oxygen atoms in total. The first-order valence-electron chi connectivity index (χ1n) is 10.7. The van der Waals surface area contributed by atoms with Crippen LogP contribution in [0.4, 0.5) is 5.69 Å². The van der Waals surface area contributed by atoms with Crippen LogP contribution < -0.4 is 4.90 Å². The Balaban J connectivity index is 1.73. The second-order valence-electron chi connectivity index (χ2n) is 7.87. The highest BCUT2D eigenvalue weighted by atomic mass is 35.5. The molecule has 0 atom stereocenters. The zero-order valence-corrected chi connectivity index (χ0v) is 19.8. The number of anilines is 1. The van der Waals surface area contributed by atoms with Crippen LogP contribution in [0.25, 0.3) is 0 Å². The largest absolute Gasteiger partial charge is 0.379 e. The van der Waals surface area contributed by atoms with E-state index in [1.165, 1.54) is 22.5 Å². The second-order valence-corrected chi connectivity index (χ2v) is 10.2. The Bertz CT molecular complexity index is 1240. The molecule has 1 aliphatic heterocycles. The highest BCUT2D eigenvalue weighted by Crippen LogP contribution is 2.28. The van der Waals surface area contributed by atoms with Gasteiger partial charge in [-0.15, -0.1) is 0 Å². The molecule has 0 aliphatic carbocycles. The number of hydrogen-bond acceptors (Lipinski definition) is 4. The Morgan fingerprint density at radius 2 is 1.73 bits per heavy atom. The van der Waals surface area contributed by atoms with Gasteiger partial charge in [0.25, 0.3) is 5.91 Å². The number of nitrogens with zero attached hydrogens (tertiary/aromatic N) is 2. The molecule has 0 aromatic heterocycles. The van der Waals surface area contributed by atoms with E-state index in [9.17, 15) is 13.2 Å². The minimum Gasteiger partial charge on any atom is -0.379 e. The third-order valence-electron chi connectivity index (χ3n) is 5.52. The molecule has 172 valence electrons. The quantitative estimate of drug-likeness (QED) is 0.516. The van der Waals surface area contributed by atoms with Crippen molar-refractivity contribution >= 4 is 33.2 Å². The summed E-state index contributed by atoms with van der Waals surface area (Å²) in [4.78, 5) is 15.4. The number of rotatable bonds is 6. The maximum atomic E-state index is 13.8. The third kappa shape index (κ3) is 5.28. The molecule has 0 spiro atoms. The summed E-state index contributed by atoms with van der Waals surface area (Å²) < 4.78 is 32.9. The van der Waals surface area contributed by atoms with E-state index in [1.54, 1.807) is 4.90 Å². The van der Waals surface area contributed by atoms with Crippen LogP contribution in [-0.4, -0.2) is 44.9 Å². The lowest BCUT2D eigenvalue weighted by molar-refractivity contribution is 0.0730. The minimum absolute atomic E-state index is 0.0426. The molecule has 3 aromatic carbocycles. The zero-order valence-electron chi connectivity index (χ0n) is 18.3. The van der Waals surface area contributed by atoms with Gasteiger partial charge in [-0.3, -0.25) is 4.79 Å². The fourth-order valence-electron chi connectivity index (χ4n) is 3.75. The number of sulfonamides is 1. The highest BCUT2D eigenvalue weighted by molar-refractivity contribution is 7.89. The first kappa shape index (κ1) is 23.4. The van der Waals surface area contributed by atoms with Crippen LogP contribution in [0.3, 0.4) is 0 Å². The molecule has 33 heavy (non-hydrogen) atoms. The van der Waals surface area contributed by atoms with E-state index in [0.29, 0.717) is 25.4 Å². The molecular weight excluding hydrogens is 460 g/mol. The molecular formula is C25H25ClN2O4S. The fraction of sp³-hybridized carbons (Fsp3) is 0.240. The molecule has 4 rings (SSSR count). The lowest BCUT2D eigenvalue weighted by Crippen LogP contribution is -2.40. The molecule has 0 unspecified atom stereocenters. The molecule has 1 amide bonds. The van der Waals surface area contributed by atoms with Gasteiger partial charge < -0.3 is 9.64 Å². The SMILES string of the molecule is Cc1cccc(N(Cc2ccccc2)C(=O)c2cc(S(=O)(=O)N3CCOCC3)ccc2Cl)c1. The fourth-order valence-corrected chi connectivity index (χ4v) is 5.39. The number of carbonyl (C=O) groups excluding carboxylic acids is 1. The van der Waals surface area contributed by atoms with Gasteiger partial charge in [0.2, 0.25) is 10.0 Å². The molecule has 1 aliphatic rings. The highest BCUT2D eigenvalue weighted by Gasteiger charge is 2.29. The number of amides is 1. The van der Waals surface area contributed by atoms with Gasteiger partial charge in [-0.1, -0.05) is 54.1 Å². The van der Waals surface area contributed by atoms with Crippen LogP contribution in [0, 0.1) is 6.92 Å². The van der Waals surface area contributed by atoms with Gasteiger partial charge in [0.1, 0.15) is 0 Å². The van der Waals surface area contributed by atoms with Crippen molar-refractivity contribution in [3.05, 3.63) is 94.5 Å². The van der Waals surface area contributed by atoms with E-state index in [1.807, 2.05) is 61.5 Å². The predicted molar refractivity (Wildman–Crippen MR) is 129 cm³/mol. The Labute approximate surface area is 199 Å². The number of halogens is 1. The van der Waals surface area contributed by atoms with E-state index in [4.69, 9.17) is 16.3 Å². The minimum atomic E-state index is -3.77. The molecule has 0 saturated carbocycles. The monoisotopic (exact) mass is 484 g/mol. The smallest absolute Gasteiger partial charge is 0.260 e. The molecule has 3 aromatic rings. The van der Waals surface area contributed by atoms with Gasteiger partial charge in [0.15, 0.2) is 0 Å². The Morgan fingerprint density at radius 1 is 1.00 bits per heavy atom. The maximum Gasteiger partial charge on any atom is 0.260 e. The number of carbonyl (C=O) groups is 1. The average molecular weight is 485 g/mol. The number of morpholine rings is 1. The summed E-state index contributed by atoms with van der Waals surface area (Å²) in [5.41, 5.74) is 2.80. The standard InChI is InChI=1S/C25H25ClN2O4S/c1-19-6-5-9-21(16-19)28(18-20-7-3-2-4-8-20)25(29)23-17-22(10-11-24(23)26)33(30,31)27-12-14-32-15-13-27/h2-11,16-17H,12-15,18H2,1H3. The predicted octanol–water partition coefficient (Wildman–Crippen LogP) is 4.52. The van der Waals surface area contributed by atoms with Crippen LogP contribution in [-0.2, 0) is 21.3 Å². The van der Waals surface area contributed by atoms with Crippen LogP contribution in [0.15, 0.2) is 77.7 Å². The van der Waals surface area contributed by atoms with Gasteiger partial charge >= 0.3 is 0 Å². The van der Waals surface area contributed by atoms with Crippen molar-refractivity contribution in [2.24, 2.45) is 0 Å². The van der Waals surface area contributed by atoms with Crippen molar-refractivity contribution in [3.8, 4) is 0 Å². The average Bonchev–Trinajstić information content (AvgIpc) is 2.83. The van der Waals surface area contributed by atoms with Crippen LogP contribution in [0.2, 0.25) is 5.02 Å². The lowest BCUT2D eigenvalue weighted by atomic mass is 10.1. The molecule has 1 fully saturated rings. The van der Waals surface area contributed by atoms with Crippen molar-refractivity contribution in [1.29, 1.82) is 0 Å². The number of ether oxygens (including phenoxy) is 1. The normalized spacial score (nSPS) is 14.7. The number of hydrogen-bond donors (Lipinski definition) is 0. The van der Waals surface area contributed by atoms with E-state index < -0.39 is 10.0 Å². The zero-order chi connectivity index (χ0) is 23.4. The molecule has 8 heteroatoms. The van der Waals surface area contributed by atoms with Crippen molar-refractivity contribution in [3.63, 3.8) is 0 Å². The first-order chi connectivity index (χ1) is 15.9. The summed E-state index contributed by atoms with van der Waals surface area (Å²) in [6, 6.07) is 21.5. The van der Waals surface area contributed by atoms with Gasteiger partial charge in [0, 0.05) is 18.8 Å². The van der Waals surface area contributed by atoms with Crippen molar-refractivity contribution in [2.45, 2.75) is 18.4 Å². The summed E-state index contributed by atoms with van der Waals surface area (Å²) in [5.74, 6) is -0.367. The number of benzene rings is 3.